The molecule has 0 bridgehead atoms. The molecule has 1 unspecified atom stereocenters. The molecule has 3 N–H and O–H groups in total. The van der Waals surface area contributed by atoms with Crippen LogP contribution in [-0.2, 0) is 6.42 Å². The van der Waals surface area contributed by atoms with Crippen LogP contribution in [0.2, 0.25) is 0 Å². The molecular formula is C14H23NO2. The number of nitrogens with two attached hydrogens (primary N) is 1. The summed E-state index contributed by atoms with van der Waals surface area (Å²) >= 11 is 0. The molecule has 0 amide bonds. The van der Waals surface area contributed by atoms with E-state index in [0.717, 1.165) is 30.8 Å². The quantitative estimate of drug-likeness (QED) is 0.763. The number of aryl methyl sites for hydroxylation is 2. The van der Waals surface area contributed by atoms with Crippen molar-refractivity contribution in [2.75, 3.05) is 13.2 Å². The van der Waals surface area contributed by atoms with Crippen LogP contribution in [0.4, 0.5) is 0 Å². The minimum Gasteiger partial charge on any atom is -0.493 e. The summed E-state index contributed by atoms with van der Waals surface area (Å²) in [6.07, 6.45) is 2.06. The van der Waals surface area contributed by atoms with Gasteiger partial charge in [-0.15, -0.1) is 0 Å². The zero-order chi connectivity index (χ0) is 12.7. The molecule has 17 heavy (non-hydrogen) atoms. The van der Waals surface area contributed by atoms with E-state index < -0.39 is 6.10 Å². The molecule has 0 heterocycles. The van der Waals surface area contributed by atoms with E-state index in [4.69, 9.17) is 10.5 Å². The van der Waals surface area contributed by atoms with Crippen molar-refractivity contribution >= 4 is 0 Å². The lowest BCUT2D eigenvalue weighted by atomic mass is 10.0. The Balaban J connectivity index is 2.69. The van der Waals surface area contributed by atoms with Crippen LogP contribution < -0.4 is 10.5 Å². The molecule has 3 nitrogen and oxygen atoms in total. The molecule has 1 atom stereocenters. The molecule has 0 aromatic heterocycles. The summed E-state index contributed by atoms with van der Waals surface area (Å²) in [5.41, 5.74) is 7.78. The van der Waals surface area contributed by atoms with Crippen LogP contribution in [0, 0.1) is 6.92 Å². The molecule has 1 aromatic carbocycles. The smallest absolute Gasteiger partial charge is 0.122 e. The van der Waals surface area contributed by atoms with Crippen molar-refractivity contribution in [3.8, 4) is 5.75 Å². The van der Waals surface area contributed by atoms with Gasteiger partial charge in [0, 0.05) is 6.54 Å². The van der Waals surface area contributed by atoms with Crippen LogP contribution in [0.3, 0.4) is 0 Å². The first kappa shape index (κ1) is 14.0. The minimum atomic E-state index is -0.422. The summed E-state index contributed by atoms with van der Waals surface area (Å²) in [6.45, 7) is 5.20. The van der Waals surface area contributed by atoms with Gasteiger partial charge < -0.3 is 15.6 Å². The molecule has 0 saturated heterocycles. The average molecular weight is 237 g/mol. The maximum absolute atomic E-state index is 9.49. The van der Waals surface area contributed by atoms with Gasteiger partial charge in [0.05, 0.1) is 12.7 Å². The molecule has 96 valence electrons. The fraction of sp³-hybridized carbons (Fsp3) is 0.571. The second-order valence-corrected chi connectivity index (χ2v) is 4.39. The third kappa shape index (κ3) is 4.75. The van der Waals surface area contributed by atoms with Crippen molar-refractivity contribution in [1.29, 1.82) is 0 Å². The first-order valence-corrected chi connectivity index (χ1v) is 6.27. The Morgan fingerprint density at radius 2 is 2.18 bits per heavy atom. The van der Waals surface area contributed by atoms with Crippen molar-refractivity contribution < 1.29 is 9.84 Å². The Labute approximate surface area is 104 Å². The largest absolute Gasteiger partial charge is 0.493 e. The zero-order valence-electron chi connectivity index (χ0n) is 10.8. The van der Waals surface area contributed by atoms with Gasteiger partial charge in [-0.05, 0) is 37.8 Å². The Hall–Kier alpha value is -1.06. The van der Waals surface area contributed by atoms with E-state index in [2.05, 4.69) is 19.9 Å². The monoisotopic (exact) mass is 237 g/mol. The highest BCUT2D eigenvalue weighted by molar-refractivity contribution is 5.37. The van der Waals surface area contributed by atoms with Crippen molar-refractivity contribution in [1.82, 2.24) is 0 Å². The lowest BCUT2D eigenvalue weighted by Crippen LogP contribution is -2.20. The van der Waals surface area contributed by atoms with Gasteiger partial charge in [0.1, 0.15) is 5.75 Å². The number of rotatable bonds is 7. The standard InChI is InChI=1S/C14H23NO2/c1-3-8-17-14-7-4-11(2)9-12(14)5-6-13(16)10-15/h4,7,9,13,16H,3,5-6,8,10,15H2,1-2H3. The SMILES string of the molecule is CCCOc1ccc(C)cc1CCC(O)CN. The summed E-state index contributed by atoms with van der Waals surface area (Å²) < 4.78 is 5.69. The van der Waals surface area contributed by atoms with Gasteiger partial charge in [-0.1, -0.05) is 24.6 Å². The fourth-order valence-corrected chi connectivity index (χ4v) is 1.70. The highest BCUT2D eigenvalue weighted by atomic mass is 16.5. The van der Waals surface area contributed by atoms with E-state index >= 15 is 0 Å². The van der Waals surface area contributed by atoms with Gasteiger partial charge in [-0.3, -0.25) is 0 Å². The van der Waals surface area contributed by atoms with Crippen molar-refractivity contribution in [2.24, 2.45) is 5.73 Å². The number of aliphatic hydroxyl groups excluding tert-OH is 1. The third-order valence-electron chi connectivity index (χ3n) is 2.70. The molecule has 0 aliphatic carbocycles. The van der Waals surface area contributed by atoms with Gasteiger partial charge >= 0.3 is 0 Å². The third-order valence-corrected chi connectivity index (χ3v) is 2.70. The van der Waals surface area contributed by atoms with Crippen LogP contribution in [-0.4, -0.2) is 24.4 Å². The fourth-order valence-electron chi connectivity index (χ4n) is 1.70. The van der Waals surface area contributed by atoms with E-state index in [1.807, 2.05) is 12.1 Å². The molecule has 0 fully saturated rings. The molecule has 0 saturated carbocycles. The number of hydrogen-bond acceptors (Lipinski definition) is 3. The van der Waals surface area contributed by atoms with E-state index in [0.29, 0.717) is 13.0 Å². The first-order chi connectivity index (χ1) is 8.17. The molecule has 0 aliphatic rings. The predicted octanol–water partition coefficient (Wildman–Crippen LogP) is 2.04. The Morgan fingerprint density at radius 3 is 2.82 bits per heavy atom. The van der Waals surface area contributed by atoms with Crippen molar-refractivity contribution in [3.05, 3.63) is 29.3 Å². The van der Waals surface area contributed by atoms with E-state index in [-0.39, 0.29) is 0 Å². The molecule has 1 rings (SSSR count). The summed E-state index contributed by atoms with van der Waals surface area (Å²) in [7, 11) is 0. The van der Waals surface area contributed by atoms with E-state index in [1.54, 1.807) is 0 Å². The molecule has 0 spiro atoms. The lowest BCUT2D eigenvalue weighted by Gasteiger charge is -2.13. The molecule has 0 radical (unpaired) electrons. The topological polar surface area (TPSA) is 55.5 Å². The Bertz CT molecular complexity index is 339. The van der Waals surface area contributed by atoms with Crippen LogP contribution in [0.1, 0.15) is 30.9 Å². The summed E-state index contributed by atoms with van der Waals surface area (Å²) in [5.74, 6) is 0.932. The maximum atomic E-state index is 9.49. The molecule has 0 aliphatic heterocycles. The second-order valence-electron chi connectivity index (χ2n) is 4.39. The Kier molecular flexibility index (Phi) is 6.01. The van der Waals surface area contributed by atoms with Crippen molar-refractivity contribution in [2.45, 2.75) is 39.2 Å². The van der Waals surface area contributed by atoms with Crippen molar-refractivity contribution in [3.63, 3.8) is 0 Å². The summed E-state index contributed by atoms with van der Waals surface area (Å²) in [4.78, 5) is 0. The highest BCUT2D eigenvalue weighted by Gasteiger charge is 2.07. The zero-order valence-corrected chi connectivity index (χ0v) is 10.8. The lowest BCUT2D eigenvalue weighted by molar-refractivity contribution is 0.172. The van der Waals surface area contributed by atoms with Crippen LogP contribution in [0.25, 0.3) is 0 Å². The maximum Gasteiger partial charge on any atom is 0.122 e. The van der Waals surface area contributed by atoms with E-state index in [1.165, 1.54) is 5.56 Å². The molecule has 3 heteroatoms. The van der Waals surface area contributed by atoms with Gasteiger partial charge in [0.25, 0.3) is 0 Å². The van der Waals surface area contributed by atoms with Crippen LogP contribution in [0.15, 0.2) is 18.2 Å². The van der Waals surface area contributed by atoms with Crippen LogP contribution >= 0.6 is 0 Å². The van der Waals surface area contributed by atoms with Gasteiger partial charge in [-0.2, -0.15) is 0 Å². The molecular weight excluding hydrogens is 214 g/mol. The number of hydrogen-bond donors (Lipinski definition) is 2. The first-order valence-electron chi connectivity index (χ1n) is 6.27. The van der Waals surface area contributed by atoms with Gasteiger partial charge in [-0.25, -0.2) is 0 Å². The Morgan fingerprint density at radius 1 is 1.41 bits per heavy atom. The number of benzene rings is 1. The second kappa shape index (κ2) is 7.30. The predicted molar refractivity (Wildman–Crippen MR) is 70.3 cm³/mol. The highest BCUT2D eigenvalue weighted by Crippen LogP contribution is 2.22. The van der Waals surface area contributed by atoms with E-state index in [9.17, 15) is 5.11 Å². The summed E-state index contributed by atoms with van der Waals surface area (Å²) in [5, 5.41) is 9.49. The average Bonchev–Trinajstić information content (AvgIpc) is 2.34. The summed E-state index contributed by atoms with van der Waals surface area (Å²) in [6, 6.07) is 6.18. The number of aliphatic hydroxyl groups is 1. The molecule has 1 aromatic rings. The normalized spacial score (nSPS) is 12.5. The van der Waals surface area contributed by atoms with Gasteiger partial charge in [0.2, 0.25) is 0 Å². The minimum absolute atomic E-state index is 0.316. The number of ether oxygens (including phenoxy) is 1. The van der Waals surface area contributed by atoms with Crippen LogP contribution in [0.5, 0.6) is 5.75 Å². The van der Waals surface area contributed by atoms with Gasteiger partial charge in [0.15, 0.2) is 0 Å².